The summed E-state index contributed by atoms with van der Waals surface area (Å²) in [6.07, 6.45) is 0. The number of benzene rings is 3. The van der Waals surface area contributed by atoms with E-state index in [2.05, 4.69) is 10.2 Å². The average molecular weight is 436 g/mol. The molecule has 0 spiro atoms. The zero-order valence-corrected chi connectivity index (χ0v) is 18.1. The van der Waals surface area contributed by atoms with Gasteiger partial charge in [-0.25, -0.2) is 9.37 Å². The van der Waals surface area contributed by atoms with Crippen molar-refractivity contribution >= 4 is 23.4 Å². The molecule has 6 heteroatoms. The minimum Gasteiger partial charge on any atom is -0.219 e. The summed E-state index contributed by atoms with van der Waals surface area (Å²) >= 11 is 7.46. The molecule has 30 heavy (non-hydrogen) atoms. The smallest absolute Gasteiger partial charge is 0.210 e. The highest BCUT2D eigenvalue weighted by atomic mass is 35.5. The fourth-order valence-corrected chi connectivity index (χ4v) is 4.13. The van der Waals surface area contributed by atoms with Crippen molar-refractivity contribution < 1.29 is 4.39 Å². The Morgan fingerprint density at radius 3 is 2.00 bits per heavy atom. The van der Waals surface area contributed by atoms with Gasteiger partial charge >= 0.3 is 0 Å². The van der Waals surface area contributed by atoms with Crippen LogP contribution in [0.3, 0.4) is 0 Å². The van der Waals surface area contributed by atoms with Crippen LogP contribution in [0, 0.1) is 19.7 Å². The SMILES string of the molecule is Cc1ccc(-c2nnc(SCc3c(F)cccc3Cl)nc2-c2ccc(C)cc2)cc1. The summed E-state index contributed by atoms with van der Waals surface area (Å²) in [6, 6.07) is 20.9. The normalized spacial score (nSPS) is 10.9. The summed E-state index contributed by atoms with van der Waals surface area (Å²) in [5.74, 6) is -0.0114. The highest BCUT2D eigenvalue weighted by Gasteiger charge is 2.15. The Balaban J connectivity index is 1.72. The molecule has 0 saturated carbocycles. The highest BCUT2D eigenvalue weighted by molar-refractivity contribution is 7.98. The summed E-state index contributed by atoms with van der Waals surface area (Å²) in [5, 5.41) is 9.63. The van der Waals surface area contributed by atoms with Gasteiger partial charge in [0.25, 0.3) is 0 Å². The van der Waals surface area contributed by atoms with Crippen LogP contribution in [0.15, 0.2) is 71.9 Å². The molecular weight excluding hydrogens is 417 g/mol. The third kappa shape index (κ3) is 4.53. The quantitative estimate of drug-likeness (QED) is 0.319. The molecular formula is C24H19ClFN3S. The molecule has 0 atom stereocenters. The largest absolute Gasteiger partial charge is 0.219 e. The molecule has 3 aromatic carbocycles. The van der Waals surface area contributed by atoms with Gasteiger partial charge in [0.1, 0.15) is 17.2 Å². The predicted molar refractivity (Wildman–Crippen MR) is 121 cm³/mol. The van der Waals surface area contributed by atoms with E-state index >= 15 is 0 Å². The number of rotatable bonds is 5. The molecule has 4 aromatic rings. The molecule has 0 amide bonds. The molecule has 0 aliphatic heterocycles. The number of hydrogen-bond acceptors (Lipinski definition) is 4. The highest BCUT2D eigenvalue weighted by Crippen LogP contribution is 2.32. The molecule has 0 unspecified atom stereocenters. The Morgan fingerprint density at radius 1 is 0.800 bits per heavy atom. The van der Waals surface area contributed by atoms with Gasteiger partial charge < -0.3 is 0 Å². The first kappa shape index (κ1) is 20.5. The maximum absolute atomic E-state index is 14.1. The van der Waals surface area contributed by atoms with E-state index in [1.165, 1.54) is 29.0 Å². The van der Waals surface area contributed by atoms with Gasteiger partial charge in [0.15, 0.2) is 0 Å². The van der Waals surface area contributed by atoms with E-state index in [9.17, 15) is 4.39 Å². The van der Waals surface area contributed by atoms with Crippen LogP contribution in [0.1, 0.15) is 16.7 Å². The molecule has 150 valence electrons. The van der Waals surface area contributed by atoms with E-state index < -0.39 is 0 Å². The van der Waals surface area contributed by atoms with E-state index in [-0.39, 0.29) is 5.82 Å². The molecule has 0 saturated heterocycles. The third-order valence-corrected chi connectivity index (χ3v) is 5.94. The van der Waals surface area contributed by atoms with E-state index in [1.807, 2.05) is 62.4 Å². The van der Waals surface area contributed by atoms with Crippen LogP contribution in [0.5, 0.6) is 0 Å². The van der Waals surface area contributed by atoms with Crippen LogP contribution in [0.4, 0.5) is 4.39 Å². The lowest BCUT2D eigenvalue weighted by Gasteiger charge is -2.10. The van der Waals surface area contributed by atoms with Gasteiger partial charge in [0.05, 0.1) is 0 Å². The van der Waals surface area contributed by atoms with Crippen LogP contribution in [0.25, 0.3) is 22.5 Å². The average Bonchev–Trinajstić information content (AvgIpc) is 2.74. The summed E-state index contributed by atoms with van der Waals surface area (Å²) in [6.45, 7) is 4.09. The molecule has 4 rings (SSSR count). The van der Waals surface area contributed by atoms with Gasteiger partial charge in [-0.3, -0.25) is 0 Å². The molecule has 0 radical (unpaired) electrons. The third-order valence-electron chi connectivity index (χ3n) is 4.72. The Hall–Kier alpha value is -2.76. The lowest BCUT2D eigenvalue weighted by Crippen LogP contribution is -2.00. The Bertz CT molecular complexity index is 1160. The van der Waals surface area contributed by atoms with Crippen molar-refractivity contribution in [2.75, 3.05) is 0 Å². The number of thioether (sulfide) groups is 1. The fraction of sp³-hybridized carbons (Fsp3) is 0.125. The van der Waals surface area contributed by atoms with Crippen LogP contribution in [0.2, 0.25) is 5.02 Å². The molecule has 3 nitrogen and oxygen atoms in total. The maximum atomic E-state index is 14.1. The summed E-state index contributed by atoms with van der Waals surface area (Å²) in [4.78, 5) is 4.77. The summed E-state index contributed by atoms with van der Waals surface area (Å²) in [7, 11) is 0. The van der Waals surface area contributed by atoms with E-state index in [0.717, 1.165) is 16.8 Å². The van der Waals surface area contributed by atoms with Crippen molar-refractivity contribution in [1.82, 2.24) is 15.2 Å². The molecule has 1 heterocycles. The van der Waals surface area contributed by atoms with Crippen LogP contribution in [-0.4, -0.2) is 15.2 Å². The van der Waals surface area contributed by atoms with Crippen molar-refractivity contribution in [3.8, 4) is 22.5 Å². The molecule has 0 bridgehead atoms. The zero-order chi connectivity index (χ0) is 21.1. The first-order valence-corrected chi connectivity index (χ1v) is 10.8. The minimum atomic E-state index is -0.335. The van der Waals surface area contributed by atoms with Gasteiger partial charge in [-0.05, 0) is 26.0 Å². The number of hydrogen-bond donors (Lipinski definition) is 0. The van der Waals surface area contributed by atoms with Gasteiger partial charge in [-0.2, -0.15) is 0 Å². The number of nitrogens with zero attached hydrogens (tertiary/aromatic N) is 3. The van der Waals surface area contributed by atoms with Gasteiger partial charge in [-0.1, -0.05) is 89.1 Å². The van der Waals surface area contributed by atoms with E-state index in [4.69, 9.17) is 16.6 Å². The topological polar surface area (TPSA) is 38.7 Å². The van der Waals surface area contributed by atoms with Crippen LogP contribution < -0.4 is 0 Å². The second-order valence-corrected chi connectivity index (χ2v) is 8.36. The van der Waals surface area contributed by atoms with Crippen molar-refractivity contribution in [1.29, 1.82) is 0 Å². The van der Waals surface area contributed by atoms with Gasteiger partial charge in [0.2, 0.25) is 5.16 Å². The second-order valence-electron chi connectivity index (χ2n) is 7.01. The summed E-state index contributed by atoms with van der Waals surface area (Å²) in [5.41, 5.74) is 6.14. The van der Waals surface area contributed by atoms with Crippen molar-refractivity contribution in [3.05, 3.63) is 94.3 Å². The van der Waals surface area contributed by atoms with Crippen molar-refractivity contribution in [2.24, 2.45) is 0 Å². The van der Waals surface area contributed by atoms with Gasteiger partial charge in [-0.15, -0.1) is 10.2 Å². The monoisotopic (exact) mass is 435 g/mol. The van der Waals surface area contributed by atoms with Crippen LogP contribution >= 0.6 is 23.4 Å². The lowest BCUT2D eigenvalue weighted by atomic mass is 10.0. The molecule has 0 N–H and O–H groups in total. The van der Waals surface area contributed by atoms with Crippen molar-refractivity contribution in [2.45, 2.75) is 24.8 Å². The molecule has 0 fully saturated rings. The molecule has 1 aromatic heterocycles. The van der Waals surface area contributed by atoms with E-state index in [1.54, 1.807) is 12.1 Å². The Kier molecular flexibility index (Phi) is 6.11. The Morgan fingerprint density at radius 2 is 1.40 bits per heavy atom. The number of aromatic nitrogens is 3. The first-order chi connectivity index (χ1) is 14.5. The molecule has 0 aliphatic carbocycles. The minimum absolute atomic E-state index is 0.324. The fourth-order valence-electron chi connectivity index (χ4n) is 3.00. The van der Waals surface area contributed by atoms with Crippen LogP contribution in [-0.2, 0) is 5.75 Å². The Labute approximate surface area is 184 Å². The number of halogens is 2. The van der Waals surface area contributed by atoms with E-state index in [0.29, 0.717) is 27.2 Å². The first-order valence-electron chi connectivity index (χ1n) is 9.46. The second kappa shape index (κ2) is 8.94. The summed E-state index contributed by atoms with van der Waals surface area (Å²) < 4.78 is 14.1. The predicted octanol–water partition coefficient (Wildman–Crippen LogP) is 6.91. The van der Waals surface area contributed by atoms with Crippen molar-refractivity contribution in [3.63, 3.8) is 0 Å². The number of aryl methyl sites for hydroxylation is 2. The lowest BCUT2D eigenvalue weighted by molar-refractivity contribution is 0.617. The molecule has 0 aliphatic rings. The van der Waals surface area contributed by atoms with Gasteiger partial charge in [0, 0.05) is 27.5 Å². The standard InChI is InChI=1S/C24H19ClFN3S/c1-15-6-10-17(11-7-15)22-23(18-12-8-16(2)9-13-18)28-29-24(27-22)30-14-19-20(25)4-3-5-21(19)26/h3-13H,14H2,1-2H3. The maximum Gasteiger partial charge on any atom is 0.210 e. The zero-order valence-electron chi connectivity index (χ0n) is 16.6.